The summed E-state index contributed by atoms with van der Waals surface area (Å²) in [6.45, 7) is 11.2. The van der Waals surface area contributed by atoms with Gasteiger partial charge in [-0.15, -0.1) is 0 Å². The van der Waals surface area contributed by atoms with Gasteiger partial charge in [0.1, 0.15) is 0 Å². The summed E-state index contributed by atoms with van der Waals surface area (Å²) in [5, 5.41) is 7.90. The molecule has 1 rings (SSSR count). The highest BCUT2D eigenvalue weighted by Crippen LogP contribution is 2.04. The van der Waals surface area contributed by atoms with Gasteiger partial charge in [-0.3, -0.25) is 0 Å². The topological polar surface area (TPSA) is 30.3 Å². The normalized spacial score (nSPS) is 19.8. The van der Waals surface area contributed by atoms with Crippen LogP contribution in [0.25, 0.3) is 0 Å². The zero-order valence-corrected chi connectivity index (χ0v) is 10.5. The maximum Gasteiger partial charge on any atom is 0.0355 e. The molecule has 0 aromatic rings. The Morgan fingerprint density at radius 1 is 1.31 bits per heavy atom. The molecular weight excluding hydrogens is 198 g/mol. The lowest BCUT2D eigenvalue weighted by molar-refractivity contribution is 0.157. The lowest BCUT2D eigenvalue weighted by Crippen LogP contribution is -2.45. The van der Waals surface area contributed by atoms with E-state index in [1.165, 1.54) is 0 Å². The van der Waals surface area contributed by atoms with Crippen LogP contribution in [0.5, 0.6) is 0 Å². The lowest BCUT2D eigenvalue weighted by atomic mass is 10.1. The molecule has 1 aliphatic rings. The molecule has 0 aromatic heterocycles. The molecule has 1 fully saturated rings. The highest BCUT2D eigenvalue weighted by molar-refractivity contribution is 5.97. The van der Waals surface area contributed by atoms with Crippen molar-refractivity contribution in [1.82, 2.24) is 9.80 Å². The van der Waals surface area contributed by atoms with Gasteiger partial charge in [-0.2, -0.15) is 0 Å². The average Bonchev–Trinajstić information content (AvgIpc) is 2.28. The summed E-state index contributed by atoms with van der Waals surface area (Å²) < 4.78 is 0. The van der Waals surface area contributed by atoms with Crippen LogP contribution in [0, 0.1) is 5.41 Å². The monoisotopic (exact) mass is 221 g/mol. The van der Waals surface area contributed by atoms with E-state index in [4.69, 9.17) is 5.41 Å². The van der Waals surface area contributed by atoms with Crippen LogP contribution in [-0.2, 0) is 0 Å². The summed E-state index contributed by atoms with van der Waals surface area (Å²) in [5.74, 6) is 0. The van der Waals surface area contributed by atoms with Crippen LogP contribution in [0.2, 0.25) is 0 Å². The molecule has 0 aliphatic carbocycles. The molecule has 0 amide bonds. The number of rotatable bonds is 5. The summed E-state index contributed by atoms with van der Waals surface area (Å²) >= 11 is 0. The zero-order valence-electron chi connectivity index (χ0n) is 10.5. The van der Waals surface area contributed by atoms with Crippen LogP contribution in [-0.4, -0.2) is 55.3 Å². The Bertz CT molecular complexity index is 273. The average molecular weight is 221 g/mol. The molecule has 0 radical (unpaired) electrons. The van der Waals surface area contributed by atoms with Gasteiger partial charge in [-0.1, -0.05) is 18.7 Å². The second-order valence-corrected chi connectivity index (χ2v) is 4.46. The number of hydrogen-bond acceptors (Lipinski definition) is 3. The van der Waals surface area contributed by atoms with Gasteiger partial charge < -0.3 is 15.2 Å². The van der Waals surface area contributed by atoms with Gasteiger partial charge in [-0.05, 0) is 19.5 Å². The van der Waals surface area contributed by atoms with Crippen LogP contribution in [0.3, 0.4) is 0 Å². The Balaban J connectivity index is 2.27. The number of nitrogens with zero attached hydrogens (tertiary/aromatic N) is 2. The number of nitrogens with one attached hydrogen (secondary N) is 1. The number of likely N-dealkylation sites (N-methyl/N-ethyl adjacent to an activating group) is 1. The van der Waals surface area contributed by atoms with Gasteiger partial charge in [0.25, 0.3) is 0 Å². The molecule has 1 aliphatic heterocycles. The first-order valence-electron chi connectivity index (χ1n) is 5.91. The second kappa shape index (κ2) is 6.61. The molecule has 90 valence electrons. The van der Waals surface area contributed by atoms with E-state index in [1.807, 2.05) is 13.0 Å². The van der Waals surface area contributed by atoms with Gasteiger partial charge in [0.15, 0.2) is 0 Å². The molecule has 16 heavy (non-hydrogen) atoms. The minimum absolute atomic E-state index is 0.735. The largest absolute Gasteiger partial charge is 0.305 e. The third-order valence-corrected chi connectivity index (χ3v) is 3.12. The fraction of sp³-hybridized carbons (Fsp3) is 0.615. The SMILES string of the molecule is C=C/C=C(\C)C(=N)CCN1CCN(C)CC1. The van der Waals surface area contributed by atoms with E-state index in [0.717, 1.165) is 50.4 Å². The first kappa shape index (κ1) is 13.1. The number of piperazine rings is 1. The fourth-order valence-electron chi connectivity index (χ4n) is 1.82. The van der Waals surface area contributed by atoms with Crippen molar-refractivity contribution < 1.29 is 0 Å². The van der Waals surface area contributed by atoms with Gasteiger partial charge in [-0.25, -0.2) is 0 Å². The van der Waals surface area contributed by atoms with E-state index in [9.17, 15) is 0 Å². The maximum atomic E-state index is 7.90. The van der Waals surface area contributed by atoms with E-state index in [0.29, 0.717) is 0 Å². The van der Waals surface area contributed by atoms with Crippen molar-refractivity contribution in [3.63, 3.8) is 0 Å². The summed E-state index contributed by atoms with van der Waals surface area (Å²) in [7, 11) is 2.16. The smallest absolute Gasteiger partial charge is 0.0355 e. The standard InChI is InChI=1S/C13H23N3/c1-4-5-12(2)13(14)6-7-16-10-8-15(3)9-11-16/h4-5,14H,1,6-11H2,2-3H3/b12-5+,14-13?. The van der Waals surface area contributed by atoms with Crippen molar-refractivity contribution in [2.45, 2.75) is 13.3 Å². The van der Waals surface area contributed by atoms with Crippen LogP contribution in [0.15, 0.2) is 24.3 Å². The first-order valence-corrected chi connectivity index (χ1v) is 5.91. The minimum atomic E-state index is 0.735. The quantitative estimate of drug-likeness (QED) is 0.566. The van der Waals surface area contributed by atoms with Crippen LogP contribution < -0.4 is 0 Å². The Morgan fingerprint density at radius 2 is 1.94 bits per heavy atom. The second-order valence-electron chi connectivity index (χ2n) is 4.46. The summed E-state index contributed by atoms with van der Waals surface area (Å²) in [6.07, 6.45) is 4.51. The maximum absolute atomic E-state index is 7.90. The van der Waals surface area contributed by atoms with E-state index >= 15 is 0 Å². The van der Waals surface area contributed by atoms with Gasteiger partial charge in [0.05, 0.1) is 0 Å². The van der Waals surface area contributed by atoms with Gasteiger partial charge in [0, 0.05) is 44.9 Å². The summed E-state index contributed by atoms with van der Waals surface area (Å²) in [6, 6.07) is 0. The molecule has 1 saturated heterocycles. The van der Waals surface area contributed by atoms with Crippen LogP contribution in [0.1, 0.15) is 13.3 Å². The third-order valence-electron chi connectivity index (χ3n) is 3.12. The highest BCUT2D eigenvalue weighted by Gasteiger charge is 2.13. The van der Waals surface area contributed by atoms with E-state index in [2.05, 4.69) is 23.4 Å². The molecule has 0 atom stereocenters. The Kier molecular flexibility index (Phi) is 5.43. The molecule has 3 heteroatoms. The minimum Gasteiger partial charge on any atom is -0.305 e. The number of allylic oxidation sites excluding steroid dienone is 3. The summed E-state index contributed by atoms with van der Waals surface area (Å²) in [5.41, 5.74) is 1.77. The molecule has 1 N–H and O–H groups in total. The van der Waals surface area contributed by atoms with Crippen molar-refractivity contribution in [3.8, 4) is 0 Å². The van der Waals surface area contributed by atoms with Crippen molar-refractivity contribution >= 4 is 5.71 Å². The molecule has 0 aromatic carbocycles. The molecule has 0 unspecified atom stereocenters. The van der Waals surface area contributed by atoms with Crippen molar-refractivity contribution in [2.75, 3.05) is 39.8 Å². The van der Waals surface area contributed by atoms with Crippen LogP contribution >= 0.6 is 0 Å². The zero-order chi connectivity index (χ0) is 12.0. The Hall–Kier alpha value is -0.930. The highest BCUT2D eigenvalue weighted by atomic mass is 15.2. The van der Waals surface area contributed by atoms with E-state index in [-0.39, 0.29) is 0 Å². The predicted molar refractivity (Wildman–Crippen MR) is 70.2 cm³/mol. The Labute approximate surface area is 98.9 Å². The van der Waals surface area contributed by atoms with Crippen LogP contribution in [0.4, 0.5) is 0 Å². The van der Waals surface area contributed by atoms with Crippen molar-refractivity contribution in [3.05, 3.63) is 24.3 Å². The molecular formula is C13H23N3. The van der Waals surface area contributed by atoms with E-state index in [1.54, 1.807) is 6.08 Å². The molecule has 1 heterocycles. The summed E-state index contributed by atoms with van der Waals surface area (Å²) in [4.78, 5) is 4.79. The van der Waals surface area contributed by atoms with Crippen molar-refractivity contribution in [1.29, 1.82) is 5.41 Å². The van der Waals surface area contributed by atoms with E-state index < -0.39 is 0 Å². The molecule has 0 saturated carbocycles. The third kappa shape index (κ3) is 4.29. The Morgan fingerprint density at radius 3 is 2.50 bits per heavy atom. The predicted octanol–water partition coefficient (Wildman–Crippen LogP) is 1.78. The number of hydrogen-bond donors (Lipinski definition) is 1. The lowest BCUT2D eigenvalue weighted by Gasteiger charge is -2.32. The molecule has 3 nitrogen and oxygen atoms in total. The van der Waals surface area contributed by atoms with Gasteiger partial charge in [0.2, 0.25) is 0 Å². The molecule has 0 spiro atoms. The first-order chi connectivity index (χ1) is 7.63. The molecule has 0 bridgehead atoms. The van der Waals surface area contributed by atoms with Gasteiger partial charge >= 0.3 is 0 Å². The fourth-order valence-corrected chi connectivity index (χ4v) is 1.82. The van der Waals surface area contributed by atoms with Crippen molar-refractivity contribution in [2.24, 2.45) is 0 Å².